The van der Waals surface area contributed by atoms with Crippen molar-refractivity contribution in [3.8, 4) is 0 Å². The molecule has 0 amide bonds. The van der Waals surface area contributed by atoms with E-state index >= 15 is 0 Å². The Hall–Kier alpha value is -1.07. The Morgan fingerprint density at radius 3 is 2.79 bits per heavy atom. The molecule has 0 radical (unpaired) electrons. The van der Waals surface area contributed by atoms with Crippen molar-refractivity contribution in [2.75, 3.05) is 0 Å². The molecule has 0 aliphatic carbocycles. The molecule has 0 aliphatic heterocycles. The van der Waals surface area contributed by atoms with Crippen LogP contribution in [0.15, 0.2) is 23.1 Å². The molecule has 0 bridgehead atoms. The van der Waals surface area contributed by atoms with Crippen molar-refractivity contribution in [1.29, 1.82) is 0 Å². The highest BCUT2D eigenvalue weighted by Crippen LogP contribution is 2.29. The van der Waals surface area contributed by atoms with Crippen LogP contribution in [0.1, 0.15) is 9.67 Å². The normalized spacial score (nSPS) is 10.7. The van der Waals surface area contributed by atoms with Crippen molar-refractivity contribution in [3.05, 3.63) is 28.9 Å². The summed E-state index contributed by atoms with van der Waals surface area (Å²) in [6, 6.07) is 4.28. The lowest BCUT2D eigenvalue weighted by Crippen LogP contribution is -1.89. The van der Waals surface area contributed by atoms with Gasteiger partial charge in [0.05, 0.1) is 0 Å². The van der Waals surface area contributed by atoms with Gasteiger partial charge in [0, 0.05) is 9.60 Å². The van der Waals surface area contributed by atoms with Gasteiger partial charge in [0.15, 0.2) is 0 Å². The maximum absolute atomic E-state index is 13.0. The third-order valence-corrected chi connectivity index (χ3v) is 3.23. The Balaban J connectivity index is 2.72. The van der Waals surface area contributed by atoms with Gasteiger partial charge in [0.1, 0.15) is 10.7 Å². The van der Waals surface area contributed by atoms with Gasteiger partial charge in [-0.3, -0.25) is 0 Å². The molecular formula is C9H5FO2S2. The molecule has 0 spiro atoms. The molecule has 0 unspecified atom stereocenters. The number of thiophene rings is 1. The van der Waals surface area contributed by atoms with Crippen LogP contribution in [0.2, 0.25) is 0 Å². The average molecular weight is 228 g/mol. The van der Waals surface area contributed by atoms with E-state index in [1.54, 1.807) is 0 Å². The molecule has 0 aliphatic rings. The van der Waals surface area contributed by atoms with Crippen LogP contribution in [0.25, 0.3) is 10.1 Å². The molecule has 5 heteroatoms. The van der Waals surface area contributed by atoms with Gasteiger partial charge in [-0.05, 0) is 23.6 Å². The van der Waals surface area contributed by atoms with Crippen molar-refractivity contribution >= 4 is 40.0 Å². The van der Waals surface area contributed by atoms with Crippen LogP contribution < -0.4 is 0 Å². The lowest BCUT2D eigenvalue weighted by molar-refractivity contribution is 0.0702. The smallest absolute Gasteiger partial charge is 0.345 e. The van der Waals surface area contributed by atoms with Gasteiger partial charge in [-0.2, -0.15) is 0 Å². The maximum Gasteiger partial charge on any atom is 0.345 e. The fourth-order valence-corrected chi connectivity index (χ4v) is 2.36. The monoisotopic (exact) mass is 228 g/mol. The Morgan fingerprint density at radius 1 is 1.43 bits per heavy atom. The minimum Gasteiger partial charge on any atom is -0.477 e. The number of benzene rings is 1. The van der Waals surface area contributed by atoms with E-state index in [0.29, 0.717) is 5.39 Å². The van der Waals surface area contributed by atoms with E-state index in [9.17, 15) is 9.18 Å². The summed E-state index contributed by atoms with van der Waals surface area (Å²) in [5.74, 6) is -1.43. The van der Waals surface area contributed by atoms with Crippen LogP contribution in [0.5, 0.6) is 0 Å². The Labute approximate surface area is 88.4 Å². The first kappa shape index (κ1) is 9.48. The molecule has 2 rings (SSSR count). The first-order valence-electron chi connectivity index (χ1n) is 3.73. The summed E-state index contributed by atoms with van der Waals surface area (Å²) in [6.45, 7) is 0. The van der Waals surface area contributed by atoms with Crippen molar-refractivity contribution in [3.63, 3.8) is 0 Å². The lowest BCUT2D eigenvalue weighted by atomic mass is 10.2. The van der Waals surface area contributed by atoms with Gasteiger partial charge in [-0.15, -0.1) is 24.0 Å². The standard InChI is InChI=1S/C9H5FO2S2/c10-5-1-4-2-8(9(11)12)14-7(4)3-6(5)13/h1-3,13H,(H,11,12). The quantitative estimate of drug-likeness (QED) is 0.736. The number of halogens is 1. The zero-order valence-corrected chi connectivity index (χ0v) is 8.53. The molecule has 2 nitrogen and oxygen atoms in total. The fourth-order valence-electron chi connectivity index (χ4n) is 1.15. The molecule has 14 heavy (non-hydrogen) atoms. The molecule has 1 heterocycles. The van der Waals surface area contributed by atoms with Crippen LogP contribution in [0, 0.1) is 5.82 Å². The number of thiol groups is 1. The summed E-state index contributed by atoms with van der Waals surface area (Å²) in [7, 11) is 0. The lowest BCUT2D eigenvalue weighted by Gasteiger charge is -1.93. The van der Waals surface area contributed by atoms with E-state index < -0.39 is 11.8 Å². The Kier molecular flexibility index (Phi) is 2.20. The van der Waals surface area contributed by atoms with Crippen molar-refractivity contribution < 1.29 is 14.3 Å². The van der Waals surface area contributed by atoms with E-state index in [0.717, 1.165) is 16.0 Å². The number of fused-ring (bicyclic) bond motifs is 1. The molecule has 0 fully saturated rings. The number of carboxylic acid groups (broad SMARTS) is 1. The molecule has 1 N–H and O–H groups in total. The minimum absolute atomic E-state index is 0.207. The number of hydrogen-bond acceptors (Lipinski definition) is 3. The first-order valence-corrected chi connectivity index (χ1v) is 4.99. The molecule has 0 atom stereocenters. The third-order valence-electron chi connectivity index (χ3n) is 1.80. The summed E-state index contributed by atoms with van der Waals surface area (Å²) in [5, 5.41) is 9.32. The predicted octanol–water partition coefficient (Wildman–Crippen LogP) is 3.03. The molecule has 72 valence electrons. The minimum atomic E-state index is -0.993. The first-order chi connectivity index (χ1) is 6.58. The maximum atomic E-state index is 13.0. The summed E-state index contributed by atoms with van der Waals surface area (Å²) in [6.07, 6.45) is 0. The summed E-state index contributed by atoms with van der Waals surface area (Å²) in [5.41, 5.74) is 0. The highest BCUT2D eigenvalue weighted by Gasteiger charge is 2.10. The summed E-state index contributed by atoms with van der Waals surface area (Å²) < 4.78 is 13.8. The molecule has 1 aromatic carbocycles. The predicted molar refractivity (Wildman–Crippen MR) is 56.0 cm³/mol. The van der Waals surface area contributed by atoms with Crippen LogP contribution in [-0.2, 0) is 0 Å². The highest BCUT2D eigenvalue weighted by atomic mass is 32.1. The van der Waals surface area contributed by atoms with Crippen molar-refractivity contribution in [2.45, 2.75) is 4.90 Å². The second-order valence-corrected chi connectivity index (χ2v) is 4.32. The van der Waals surface area contributed by atoms with Gasteiger partial charge in [0.25, 0.3) is 0 Å². The van der Waals surface area contributed by atoms with Gasteiger partial charge < -0.3 is 5.11 Å². The number of rotatable bonds is 1. The molecule has 0 saturated heterocycles. The largest absolute Gasteiger partial charge is 0.477 e. The Bertz CT molecular complexity index is 480. The van der Waals surface area contributed by atoms with E-state index in [1.807, 2.05) is 0 Å². The van der Waals surface area contributed by atoms with Gasteiger partial charge >= 0.3 is 5.97 Å². The third kappa shape index (κ3) is 1.49. The average Bonchev–Trinajstić information content (AvgIpc) is 2.48. The number of aromatic carboxylic acids is 1. The SMILES string of the molecule is O=C(O)c1cc2cc(F)c(S)cc2s1. The summed E-state index contributed by atoms with van der Waals surface area (Å²) in [4.78, 5) is 11.1. The van der Waals surface area contributed by atoms with E-state index in [4.69, 9.17) is 5.11 Å². The van der Waals surface area contributed by atoms with Gasteiger partial charge in [-0.25, -0.2) is 9.18 Å². The van der Waals surface area contributed by atoms with Crippen molar-refractivity contribution in [1.82, 2.24) is 0 Å². The van der Waals surface area contributed by atoms with Gasteiger partial charge in [-0.1, -0.05) is 0 Å². The number of hydrogen-bond donors (Lipinski definition) is 2. The van der Waals surface area contributed by atoms with E-state index in [2.05, 4.69) is 12.6 Å². The van der Waals surface area contributed by atoms with E-state index in [-0.39, 0.29) is 9.77 Å². The zero-order chi connectivity index (χ0) is 10.3. The topological polar surface area (TPSA) is 37.3 Å². The number of carboxylic acids is 1. The van der Waals surface area contributed by atoms with E-state index in [1.165, 1.54) is 18.2 Å². The van der Waals surface area contributed by atoms with Crippen LogP contribution in [0.4, 0.5) is 4.39 Å². The van der Waals surface area contributed by atoms with Crippen LogP contribution >= 0.6 is 24.0 Å². The fraction of sp³-hybridized carbons (Fsp3) is 0. The Morgan fingerprint density at radius 2 is 2.14 bits per heavy atom. The molecule has 0 saturated carbocycles. The van der Waals surface area contributed by atoms with Gasteiger partial charge in [0.2, 0.25) is 0 Å². The second kappa shape index (κ2) is 3.25. The molecule has 2 aromatic rings. The molecular weight excluding hydrogens is 223 g/mol. The van der Waals surface area contributed by atoms with Crippen molar-refractivity contribution in [2.24, 2.45) is 0 Å². The van der Waals surface area contributed by atoms with Crippen LogP contribution in [-0.4, -0.2) is 11.1 Å². The highest BCUT2D eigenvalue weighted by molar-refractivity contribution is 7.80. The molecule has 1 aromatic heterocycles. The second-order valence-electron chi connectivity index (χ2n) is 2.76. The number of carbonyl (C=O) groups is 1. The zero-order valence-electron chi connectivity index (χ0n) is 6.82. The summed E-state index contributed by atoms with van der Waals surface area (Å²) >= 11 is 5.03. The van der Waals surface area contributed by atoms with Crippen LogP contribution in [0.3, 0.4) is 0 Å².